The summed E-state index contributed by atoms with van der Waals surface area (Å²) in [5, 5.41) is 6.56. The fourth-order valence-corrected chi connectivity index (χ4v) is 2.48. The summed E-state index contributed by atoms with van der Waals surface area (Å²) in [5.41, 5.74) is 3.16. The third-order valence-corrected chi connectivity index (χ3v) is 3.89. The molecule has 0 bridgehead atoms. The van der Waals surface area contributed by atoms with Gasteiger partial charge in [0.05, 0.1) is 12.8 Å². The molecular formula is C20H22N4O. The summed E-state index contributed by atoms with van der Waals surface area (Å²) >= 11 is 0. The summed E-state index contributed by atoms with van der Waals surface area (Å²) in [6, 6.07) is 18.0. The number of anilines is 4. The van der Waals surface area contributed by atoms with E-state index >= 15 is 0 Å². The second kappa shape index (κ2) is 7.66. The molecule has 0 aliphatic carbocycles. The van der Waals surface area contributed by atoms with Crippen LogP contribution in [0.1, 0.15) is 25.3 Å². The van der Waals surface area contributed by atoms with E-state index in [-0.39, 0.29) is 0 Å². The van der Waals surface area contributed by atoms with Gasteiger partial charge in [0.1, 0.15) is 23.7 Å². The maximum Gasteiger partial charge on any atom is 0.142 e. The van der Waals surface area contributed by atoms with Gasteiger partial charge >= 0.3 is 0 Å². The molecule has 0 aliphatic heterocycles. The van der Waals surface area contributed by atoms with E-state index in [2.05, 4.69) is 58.7 Å². The maximum atomic E-state index is 5.35. The summed E-state index contributed by atoms with van der Waals surface area (Å²) in [6.45, 7) is 4.37. The number of aromatic nitrogens is 2. The lowest BCUT2D eigenvalue weighted by atomic mass is 10.0. The Morgan fingerprint density at radius 2 is 1.56 bits per heavy atom. The highest BCUT2D eigenvalue weighted by Crippen LogP contribution is 2.27. The molecule has 0 radical (unpaired) electrons. The smallest absolute Gasteiger partial charge is 0.142 e. The number of rotatable bonds is 6. The van der Waals surface area contributed by atoms with E-state index in [1.807, 2.05) is 30.3 Å². The van der Waals surface area contributed by atoms with Crippen molar-refractivity contribution in [3.05, 3.63) is 66.5 Å². The second-order valence-electron chi connectivity index (χ2n) is 6.02. The SMILES string of the molecule is COc1ccccc1Nc1cc(Nc2ccc(C(C)C)cc2)ncn1. The first-order valence-electron chi connectivity index (χ1n) is 8.25. The van der Waals surface area contributed by atoms with E-state index in [0.717, 1.165) is 22.9 Å². The van der Waals surface area contributed by atoms with Crippen molar-refractivity contribution >= 4 is 23.0 Å². The molecule has 0 atom stereocenters. The van der Waals surface area contributed by atoms with E-state index in [1.165, 1.54) is 11.9 Å². The van der Waals surface area contributed by atoms with Gasteiger partial charge in [-0.25, -0.2) is 9.97 Å². The topological polar surface area (TPSA) is 59.1 Å². The molecule has 0 saturated heterocycles. The number of nitrogens with zero attached hydrogens (tertiary/aromatic N) is 2. The van der Waals surface area contributed by atoms with Crippen LogP contribution in [0.25, 0.3) is 0 Å². The molecule has 0 unspecified atom stereocenters. The van der Waals surface area contributed by atoms with E-state index < -0.39 is 0 Å². The van der Waals surface area contributed by atoms with Gasteiger partial charge in [-0.2, -0.15) is 0 Å². The first kappa shape index (κ1) is 16.8. The van der Waals surface area contributed by atoms with E-state index in [1.54, 1.807) is 7.11 Å². The van der Waals surface area contributed by atoms with Crippen molar-refractivity contribution in [2.45, 2.75) is 19.8 Å². The van der Waals surface area contributed by atoms with Crippen LogP contribution in [-0.4, -0.2) is 17.1 Å². The summed E-state index contributed by atoms with van der Waals surface area (Å²) in [5.74, 6) is 2.70. The van der Waals surface area contributed by atoms with Gasteiger partial charge < -0.3 is 15.4 Å². The van der Waals surface area contributed by atoms with Crippen LogP contribution in [0, 0.1) is 0 Å². The molecule has 1 aromatic heterocycles. The first-order chi connectivity index (χ1) is 12.2. The van der Waals surface area contributed by atoms with Crippen molar-refractivity contribution in [3.63, 3.8) is 0 Å². The Bertz CT molecular complexity index is 831. The third-order valence-electron chi connectivity index (χ3n) is 3.89. The molecule has 5 nitrogen and oxygen atoms in total. The van der Waals surface area contributed by atoms with Gasteiger partial charge in [-0.1, -0.05) is 38.1 Å². The Hall–Kier alpha value is -3.08. The summed E-state index contributed by atoms with van der Waals surface area (Å²) < 4.78 is 5.35. The van der Waals surface area contributed by atoms with Crippen molar-refractivity contribution in [1.82, 2.24) is 9.97 Å². The summed E-state index contributed by atoms with van der Waals surface area (Å²) in [7, 11) is 1.65. The molecule has 0 fully saturated rings. The van der Waals surface area contributed by atoms with E-state index in [9.17, 15) is 0 Å². The average Bonchev–Trinajstić information content (AvgIpc) is 2.63. The van der Waals surface area contributed by atoms with Crippen molar-refractivity contribution in [1.29, 1.82) is 0 Å². The number of ether oxygens (including phenoxy) is 1. The van der Waals surface area contributed by atoms with Gasteiger partial charge in [0.25, 0.3) is 0 Å². The maximum absolute atomic E-state index is 5.35. The molecule has 2 aromatic carbocycles. The molecule has 2 N–H and O–H groups in total. The third kappa shape index (κ3) is 4.26. The lowest BCUT2D eigenvalue weighted by molar-refractivity contribution is 0.417. The Kier molecular flexibility index (Phi) is 5.14. The number of benzene rings is 2. The number of nitrogens with one attached hydrogen (secondary N) is 2. The standard InChI is InChI=1S/C20H22N4O/c1-14(2)15-8-10-16(11-9-15)23-19-12-20(22-13-21-19)24-17-6-4-5-7-18(17)25-3/h4-14H,1-3H3,(H2,21,22,23,24). The highest BCUT2D eigenvalue weighted by molar-refractivity contribution is 5.66. The summed E-state index contributed by atoms with van der Waals surface area (Å²) in [6.07, 6.45) is 1.53. The van der Waals surface area contributed by atoms with Crippen LogP contribution in [0.15, 0.2) is 60.9 Å². The molecule has 0 aliphatic rings. The molecule has 0 saturated carbocycles. The Labute approximate surface area is 148 Å². The lowest BCUT2D eigenvalue weighted by Crippen LogP contribution is -2.00. The zero-order valence-corrected chi connectivity index (χ0v) is 14.7. The molecule has 1 heterocycles. The minimum atomic E-state index is 0.518. The Morgan fingerprint density at radius 3 is 2.24 bits per heavy atom. The highest BCUT2D eigenvalue weighted by Gasteiger charge is 2.05. The normalized spacial score (nSPS) is 10.6. The lowest BCUT2D eigenvalue weighted by Gasteiger charge is -2.12. The van der Waals surface area contributed by atoms with Crippen LogP contribution < -0.4 is 15.4 Å². The van der Waals surface area contributed by atoms with Crippen LogP contribution in [0.5, 0.6) is 5.75 Å². The largest absolute Gasteiger partial charge is 0.495 e. The number of hydrogen-bond donors (Lipinski definition) is 2. The quantitative estimate of drug-likeness (QED) is 0.657. The molecule has 3 rings (SSSR count). The van der Waals surface area contributed by atoms with Gasteiger partial charge in [0.2, 0.25) is 0 Å². The zero-order chi connectivity index (χ0) is 17.6. The molecule has 0 spiro atoms. The predicted octanol–water partition coefficient (Wildman–Crippen LogP) is 5.10. The highest BCUT2D eigenvalue weighted by atomic mass is 16.5. The van der Waals surface area contributed by atoms with Crippen LogP contribution in [0.2, 0.25) is 0 Å². The van der Waals surface area contributed by atoms with E-state index in [4.69, 9.17) is 4.74 Å². The first-order valence-corrected chi connectivity index (χ1v) is 8.25. The molecule has 3 aromatic rings. The van der Waals surface area contributed by atoms with Gasteiger partial charge in [-0.15, -0.1) is 0 Å². The monoisotopic (exact) mass is 334 g/mol. The molecule has 5 heteroatoms. The number of para-hydroxylation sites is 2. The fourth-order valence-electron chi connectivity index (χ4n) is 2.48. The van der Waals surface area contributed by atoms with Crippen molar-refractivity contribution in [2.24, 2.45) is 0 Å². The van der Waals surface area contributed by atoms with Gasteiger partial charge in [0, 0.05) is 11.8 Å². The molecule has 0 amide bonds. The van der Waals surface area contributed by atoms with Crippen LogP contribution in [-0.2, 0) is 0 Å². The van der Waals surface area contributed by atoms with Crippen LogP contribution in [0.3, 0.4) is 0 Å². The average molecular weight is 334 g/mol. The van der Waals surface area contributed by atoms with Crippen molar-refractivity contribution in [2.75, 3.05) is 17.7 Å². The van der Waals surface area contributed by atoms with E-state index in [0.29, 0.717) is 11.7 Å². The zero-order valence-electron chi connectivity index (χ0n) is 14.7. The van der Waals surface area contributed by atoms with Crippen LogP contribution in [0.4, 0.5) is 23.0 Å². The Morgan fingerprint density at radius 1 is 0.880 bits per heavy atom. The minimum Gasteiger partial charge on any atom is -0.495 e. The van der Waals surface area contributed by atoms with Gasteiger partial charge in [-0.05, 0) is 35.7 Å². The molecular weight excluding hydrogens is 312 g/mol. The molecule has 128 valence electrons. The molecule has 25 heavy (non-hydrogen) atoms. The Balaban J connectivity index is 1.75. The van der Waals surface area contributed by atoms with Crippen molar-refractivity contribution < 1.29 is 4.74 Å². The summed E-state index contributed by atoms with van der Waals surface area (Å²) in [4.78, 5) is 8.55. The van der Waals surface area contributed by atoms with Gasteiger partial charge in [-0.3, -0.25) is 0 Å². The predicted molar refractivity (Wildman–Crippen MR) is 102 cm³/mol. The van der Waals surface area contributed by atoms with Crippen molar-refractivity contribution in [3.8, 4) is 5.75 Å². The fraction of sp³-hybridized carbons (Fsp3) is 0.200. The number of methoxy groups -OCH3 is 1. The second-order valence-corrected chi connectivity index (χ2v) is 6.02. The van der Waals surface area contributed by atoms with Crippen LogP contribution >= 0.6 is 0 Å². The minimum absolute atomic E-state index is 0.518. The van der Waals surface area contributed by atoms with Gasteiger partial charge in [0.15, 0.2) is 0 Å². The number of hydrogen-bond acceptors (Lipinski definition) is 5.